The molecule has 2 nitrogen and oxygen atoms in total. The van der Waals surface area contributed by atoms with Crippen molar-refractivity contribution in [3.63, 3.8) is 0 Å². The SMILES string of the molecule is CCN(CC)S([O-])=S. The Morgan fingerprint density at radius 3 is 1.88 bits per heavy atom. The predicted octanol–water partition coefficient (Wildman–Crippen LogP) is 0.454. The molecule has 0 aromatic heterocycles. The summed E-state index contributed by atoms with van der Waals surface area (Å²) in [5, 5.41) is 0. The second-order valence-electron chi connectivity index (χ2n) is 1.33. The van der Waals surface area contributed by atoms with E-state index in [-0.39, 0.29) is 0 Å². The highest BCUT2D eigenvalue weighted by atomic mass is 32.8. The van der Waals surface area contributed by atoms with Gasteiger partial charge < -0.3 is 4.55 Å². The van der Waals surface area contributed by atoms with Gasteiger partial charge in [-0.05, 0) is 0 Å². The van der Waals surface area contributed by atoms with Gasteiger partial charge in [-0.1, -0.05) is 25.0 Å². The molecule has 0 rings (SSSR count). The van der Waals surface area contributed by atoms with Crippen LogP contribution in [0.5, 0.6) is 0 Å². The van der Waals surface area contributed by atoms with Crippen molar-refractivity contribution in [2.45, 2.75) is 13.8 Å². The summed E-state index contributed by atoms with van der Waals surface area (Å²) >= 11 is 4.50. The average Bonchev–Trinajstić information content (AvgIpc) is 1.69. The molecule has 0 radical (unpaired) electrons. The Hall–Kier alpha value is 0.490. The maximum Gasteiger partial charge on any atom is 0.00532 e. The lowest BCUT2D eigenvalue weighted by Crippen LogP contribution is -2.23. The molecule has 0 aromatic carbocycles. The highest BCUT2D eigenvalue weighted by molar-refractivity contribution is 8.24. The molecular weight excluding hydrogens is 142 g/mol. The van der Waals surface area contributed by atoms with Gasteiger partial charge in [0.15, 0.2) is 0 Å². The molecule has 0 aliphatic rings. The summed E-state index contributed by atoms with van der Waals surface area (Å²) in [7, 11) is -1.19. The number of hydrogen-bond donors (Lipinski definition) is 0. The normalized spacial score (nSPS) is 14.5. The molecule has 50 valence electrons. The van der Waals surface area contributed by atoms with Crippen molar-refractivity contribution >= 4 is 21.1 Å². The molecule has 0 aliphatic heterocycles. The lowest BCUT2D eigenvalue weighted by Gasteiger charge is -2.23. The summed E-state index contributed by atoms with van der Waals surface area (Å²) < 4.78 is 12.2. The zero-order valence-electron chi connectivity index (χ0n) is 5.09. The quantitative estimate of drug-likeness (QED) is 0.587. The average molecular weight is 152 g/mol. The van der Waals surface area contributed by atoms with E-state index >= 15 is 0 Å². The maximum atomic E-state index is 10.5. The number of rotatable bonds is 3. The monoisotopic (exact) mass is 152 g/mol. The maximum absolute atomic E-state index is 10.5. The van der Waals surface area contributed by atoms with Gasteiger partial charge in [0.25, 0.3) is 0 Å². The first-order valence-corrected chi connectivity index (χ1v) is 4.59. The molecule has 1 atom stereocenters. The molecule has 0 aliphatic carbocycles. The van der Waals surface area contributed by atoms with Crippen molar-refractivity contribution < 1.29 is 4.55 Å². The van der Waals surface area contributed by atoms with Crippen LogP contribution >= 0.6 is 0 Å². The van der Waals surface area contributed by atoms with Gasteiger partial charge in [0.1, 0.15) is 0 Å². The summed E-state index contributed by atoms with van der Waals surface area (Å²) in [4.78, 5) is 0. The van der Waals surface area contributed by atoms with Crippen molar-refractivity contribution in [3.05, 3.63) is 0 Å². The van der Waals surface area contributed by atoms with Gasteiger partial charge in [-0.15, -0.1) is 9.92 Å². The van der Waals surface area contributed by atoms with Crippen molar-refractivity contribution in [1.82, 2.24) is 4.31 Å². The van der Waals surface area contributed by atoms with Crippen LogP contribution in [0.1, 0.15) is 13.8 Å². The fourth-order valence-corrected chi connectivity index (χ4v) is 1.49. The first kappa shape index (κ1) is 8.49. The molecule has 1 unspecified atom stereocenters. The highest BCUT2D eigenvalue weighted by Gasteiger charge is 1.90. The number of hydrogen-bond acceptors (Lipinski definition) is 2. The van der Waals surface area contributed by atoms with E-state index in [2.05, 4.69) is 11.2 Å². The van der Waals surface area contributed by atoms with Gasteiger partial charge in [0.05, 0.1) is 0 Å². The molecule has 0 amide bonds. The summed E-state index contributed by atoms with van der Waals surface area (Å²) in [5.41, 5.74) is 0. The van der Waals surface area contributed by atoms with E-state index in [1.54, 1.807) is 4.31 Å². The van der Waals surface area contributed by atoms with Crippen LogP contribution in [-0.2, 0) is 21.1 Å². The Morgan fingerprint density at radius 1 is 1.50 bits per heavy atom. The zero-order chi connectivity index (χ0) is 6.57. The van der Waals surface area contributed by atoms with Crippen LogP contribution in [0.3, 0.4) is 0 Å². The second-order valence-corrected chi connectivity index (χ2v) is 3.14. The largest absolute Gasteiger partial charge is 0.782 e. The smallest absolute Gasteiger partial charge is 0.00532 e. The molecule has 0 bridgehead atoms. The molecule has 0 fully saturated rings. The predicted molar refractivity (Wildman–Crippen MR) is 38.4 cm³/mol. The first-order chi connectivity index (χ1) is 3.72. The molecular formula is C4H10NOS2-. The Morgan fingerprint density at radius 2 is 1.88 bits per heavy atom. The molecule has 0 aromatic rings. The van der Waals surface area contributed by atoms with Crippen molar-refractivity contribution in [1.29, 1.82) is 0 Å². The molecule has 0 heterocycles. The fraction of sp³-hybridized carbons (Fsp3) is 1.00. The third-order valence-corrected chi connectivity index (χ3v) is 2.49. The van der Waals surface area contributed by atoms with E-state index in [0.717, 1.165) is 13.1 Å². The summed E-state index contributed by atoms with van der Waals surface area (Å²) in [6, 6.07) is 0. The molecule has 0 saturated carbocycles. The molecule has 4 heteroatoms. The summed E-state index contributed by atoms with van der Waals surface area (Å²) in [5.74, 6) is 0. The van der Waals surface area contributed by atoms with Crippen LogP contribution in [0.2, 0.25) is 0 Å². The van der Waals surface area contributed by atoms with Crippen LogP contribution in [0.4, 0.5) is 0 Å². The topological polar surface area (TPSA) is 26.3 Å². The van der Waals surface area contributed by atoms with Gasteiger partial charge in [-0.25, -0.2) is 0 Å². The first-order valence-electron chi connectivity index (χ1n) is 2.56. The van der Waals surface area contributed by atoms with Gasteiger partial charge in [-0.2, -0.15) is 0 Å². The minimum absolute atomic E-state index is 0.770. The lowest BCUT2D eigenvalue weighted by atomic mass is 10.7. The van der Waals surface area contributed by atoms with E-state index in [4.69, 9.17) is 0 Å². The van der Waals surface area contributed by atoms with E-state index in [9.17, 15) is 4.55 Å². The third-order valence-electron chi connectivity index (χ3n) is 0.916. The highest BCUT2D eigenvalue weighted by Crippen LogP contribution is 1.88. The Labute approximate surface area is 57.4 Å². The molecule has 0 N–H and O–H groups in total. The lowest BCUT2D eigenvalue weighted by molar-refractivity contribution is 0.460. The van der Waals surface area contributed by atoms with Gasteiger partial charge in [0, 0.05) is 13.1 Å². The van der Waals surface area contributed by atoms with Gasteiger partial charge in [-0.3, -0.25) is 4.31 Å². The van der Waals surface area contributed by atoms with Gasteiger partial charge in [0.2, 0.25) is 0 Å². The van der Waals surface area contributed by atoms with E-state index in [0.29, 0.717) is 0 Å². The molecule has 0 spiro atoms. The van der Waals surface area contributed by atoms with Crippen LogP contribution in [0, 0.1) is 0 Å². The van der Waals surface area contributed by atoms with Crippen LogP contribution in [0.15, 0.2) is 0 Å². The van der Waals surface area contributed by atoms with Crippen LogP contribution in [0.25, 0.3) is 0 Å². The summed E-state index contributed by atoms with van der Waals surface area (Å²) in [6.45, 7) is 5.42. The second kappa shape index (κ2) is 4.38. The minimum Gasteiger partial charge on any atom is -0.782 e. The van der Waals surface area contributed by atoms with Crippen LogP contribution in [-0.4, -0.2) is 21.9 Å². The van der Waals surface area contributed by atoms with Crippen molar-refractivity contribution in [2.75, 3.05) is 13.1 Å². The summed E-state index contributed by atoms with van der Waals surface area (Å²) in [6.07, 6.45) is 0. The van der Waals surface area contributed by atoms with Crippen molar-refractivity contribution in [2.24, 2.45) is 0 Å². The van der Waals surface area contributed by atoms with Gasteiger partial charge >= 0.3 is 0 Å². The Balaban J connectivity index is 3.52. The minimum atomic E-state index is -1.19. The Bertz CT molecular complexity index is 82.1. The van der Waals surface area contributed by atoms with E-state index in [1.807, 2.05) is 13.8 Å². The molecule has 8 heavy (non-hydrogen) atoms. The van der Waals surface area contributed by atoms with Crippen LogP contribution < -0.4 is 0 Å². The third kappa shape index (κ3) is 2.71. The van der Waals surface area contributed by atoms with E-state index < -0.39 is 9.92 Å². The fourth-order valence-electron chi connectivity index (χ4n) is 0.434. The standard InChI is InChI=1S/C4H11NOS2/c1-3-5(4-2)8(6)7/h3-4H2,1-2H3,(H,6,7)/p-1. The number of nitrogens with zero attached hydrogens (tertiary/aromatic N) is 1. The Kier molecular flexibility index (Phi) is 4.64. The zero-order valence-corrected chi connectivity index (χ0v) is 6.72. The van der Waals surface area contributed by atoms with Crippen molar-refractivity contribution in [3.8, 4) is 0 Å². The van der Waals surface area contributed by atoms with E-state index in [1.165, 1.54) is 0 Å². The molecule has 0 saturated heterocycles.